The molecule has 1 aromatic carbocycles. The summed E-state index contributed by atoms with van der Waals surface area (Å²) in [7, 11) is 0. The molecular formula is C21H26F2N4. The minimum absolute atomic E-state index is 0.157. The van der Waals surface area contributed by atoms with Crippen molar-refractivity contribution in [2.24, 2.45) is 5.92 Å². The molecule has 3 atom stereocenters. The fraction of sp³-hybridized carbons (Fsp3) is 0.571. The third-order valence-electron chi connectivity index (χ3n) is 6.80. The van der Waals surface area contributed by atoms with Crippen molar-refractivity contribution >= 4 is 0 Å². The number of aromatic nitrogens is 2. The van der Waals surface area contributed by atoms with Gasteiger partial charge in [0.25, 0.3) is 0 Å². The van der Waals surface area contributed by atoms with Crippen LogP contribution in [0.15, 0.2) is 30.6 Å². The Morgan fingerprint density at radius 3 is 2.48 bits per heavy atom. The Hall–Kier alpha value is -1.79. The van der Waals surface area contributed by atoms with Crippen molar-refractivity contribution in [3.8, 4) is 0 Å². The maximum Gasteiger partial charge on any atom is 0.126 e. The highest BCUT2D eigenvalue weighted by Crippen LogP contribution is 2.47. The molecule has 27 heavy (non-hydrogen) atoms. The molecule has 144 valence electrons. The van der Waals surface area contributed by atoms with Crippen LogP contribution in [0.3, 0.4) is 0 Å². The van der Waals surface area contributed by atoms with Crippen molar-refractivity contribution in [2.45, 2.75) is 50.9 Å². The molecule has 4 aliphatic rings. The number of piperidine rings is 3. The molecule has 0 N–H and O–H groups in total. The monoisotopic (exact) mass is 372 g/mol. The summed E-state index contributed by atoms with van der Waals surface area (Å²) in [6.45, 7) is 6.89. The van der Waals surface area contributed by atoms with E-state index in [1.807, 2.05) is 10.9 Å². The lowest BCUT2D eigenvalue weighted by atomic mass is 9.75. The van der Waals surface area contributed by atoms with Gasteiger partial charge in [0.1, 0.15) is 11.6 Å². The zero-order valence-corrected chi connectivity index (χ0v) is 15.7. The third kappa shape index (κ3) is 2.99. The molecule has 0 unspecified atom stereocenters. The summed E-state index contributed by atoms with van der Waals surface area (Å²) in [5.74, 6) is -0.102. The number of rotatable bonds is 4. The van der Waals surface area contributed by atoms with Gasteiger partial charge in [0, 0.05) is 55.5 Å². The molecule has 4 fully saturated rings. The van der Waals surface area contributed by atoms with E-state index in [0.717, 1.165) is 44.4 Å². The predicted molar refractivity (Wildman–Crippen MR) is 99.3 cm³/mol. The van der Waals surface area contributed by atoms with Crippen LogP contribution in [-0.4, -0.2) is 51.3 Å². The number of fused-ring (bicyclic) bond motifs is 2. The van der Waals surface area contributed by atoms with Crippen LogP contribution < -0.4 is 0 Å². The first-order valence-corrected chi connectivity index (χ1v) is 10.1. The van der Waals surface area contributed by atoms with Crippen molar-refractivity contribution in [1.82, 2.24) is 19.6 Å². The highest BCUT2D eigenvalue weighted by atomic mass is 19.1. The van der Waals surface area contributed by atoms with Crippen molar-refractivity contribution in [3.63, 3.8) is 0 Å². The average molecular weight is 372 g/mol. The standard InChI is InChI=1S/C21H26F2N4/c1-2-27-12-14(10-24-27)11-26-13-19(16-7-17(22)9-18(23)8-16)21-20(26)15-3-5-25(21)6-4-15/h7-10,12,15,19-21H,2-6,11,13H2,1H3/t19-,20+,21+/m1/s1. The van der Waals surface area contributed by atoms with Gasteiger partial charge in [-0.1, -0.05) is 0 Å². The number of nitrogens with zero attached hydrogens (tertiary/aromatic N) is 4. The van der Waals surface area contributed by atoms with E-state index in [-0.39, 0.29) is 5.92 Å². The Bertz CT molecular complexity index is 807. The van der Waals surface area contributed by atoms with E-state index in [1.54, 1.807) is 0 Å². The third-order valence-corrected chi connectivity index (χ3v) is 6.80. The lowest BCUT2D eigenvalue weighted by Crippen LogP contribution is -2.59. The molecule has 0 amide bonds. The van der Waals surface area contributed by atoms with E-state index in [2.05, 4.69) is 28.0 Å². The molecule has 2 bridgehead atoms. The van der Waals surface area contributed by atoms with Gasteiger partial charge in [0.05, 0.1) is 6.20 Å². The lowest BCUT2D eigenvalue weighted by Gasteiger charge is -2.51. The smallest absolute Gasteiger partial charge is 0.126 e. The maximum atomic E-state index is 13.9. The lowest BCUT2D eigenvalue weighted by molar-refractivity contribution is -0.00872. The van der Waals surface area contributed by atoms with E-state index in [4.69, 9.17) is 0 Å². The van der Waals surface area contributed by atoms with Gasteiger partial charge in [-0.15, -0.1) is 0 Å². The van der Waals surface area contributed by atoms with Crippen LogP contribution in [0.1, 0.15) is 36.8 Å². The molecule has 0 radical (unpaired) electrons. The molecule has 6 heteroatoms. The van der Waals surface area contributed by atoms with Gasteiger partial charge in [0.15, 0.2) is 0 Å². The molecule has 5 heterocycles. The second kappa shape index (κ2) is 6.67. The Morgan fingerprint density at radius 1 is 1.07 bits per heavy atom. The molecule has 1 aromatic heterocycles. The van der Waals surface area contributed by atoms with Crippen LogP contribution in [0.25, 0.3) is 0 Å². The fourth-order valence-corrected chi connectivity index (χ4v) is 5.70. The topological polar surface area (TPSA) is 24.3 Å². The van der Waals surface area contributed by atoms with Gasteiger partial charge in [0.2, 0.25) is 0 Å². The molecule has 6 rings (SSSR count). The number of likely N-dealkylation sites (tertiary alicyclic amines) is 1. The number of hydrogen-bond donors (Lipinski definition) is 0. The van der Waals surface area contributed by atoms with Crippen LogP contribution in [-0.2, 0) is 13.1 Å². The number of halogens is 2. The van der Waals surface area contributed by atoms with Gasteiger partial charge >= 0.3 is 0 Å². The summed E-state index contributed by atoms with van der Waals surface area (Å²) < 4.78 is 29.8. The van der Waals surface area contributed by atoms with Crippen LogP contribution >= 0.6 is 0 Å². The Kier molecular flexibility index (Phi) is 4.28. The zero-order chi connectivity index (χ0) is 18.5. The van der Waals surface area contributed by atoms with Gasteiger partial charge in [-0.2, -0.15) is 5.10 Å². The van der Waals surface area contributed by atoms with Crippen LogP contribution in [0.2, 0.25) is 0 Å². The molecule has 0 saturated carbocycles. The Morgan fingerprint density at radius 2 is 1.81 bits per heavy atom. The maximum absolute atomic E-state index is 13.9. The van der Waals surface area contributed by atoms with E-state index in [1.165, 1.54) is 30.5 Å². The quantitative estimate of drug-likeness (QED) is 0.824. The molecule has 0 spiro atoms. The van der Waals surface area contributed by atoms with Crippen molar-refractivity contribution in [2.75, 3.05) is 19.6 Å². The fourth-order valence-electron chi connectivity index (χ4n) is 5.70. The largest absolute Gasteiger partial charge is 0.298 e. The number of aryl methyl sites for hydroxylation is 1. The van der Waals surface area contributed by atoms with E-state index >= 15 is 0 Å². The molecule has 4 aliphatic heterocycles. The summed E-state index contributed by atoms with van der Waals surface area (Å²) in [6.07, 6.45) is 6.53. The summed E-state index contributed by atoms with van der Waals surface area (Å²) >= 11 is 0. The SMILES string of the molecule is CCn1cc(CN2C[C@H](c3cc(F)cc(F)c3)[C@H]3[C@@H]2C2CCN3CC2)cn1. The van der Waals surface area contributed by atoms with Crippen molar-refractivity contribution < 1.29 is 8.78 Å². The van der Waals surface area contributed by atoms with Crippen molar-refractivity contribution in [1.29, 1.82) is 0 Å². The van der Waals surface area contributed by atoms with Crippen LogP contribution in [0.4, 0.5) is 8.78 Å². The molecule has 2 aromatic rings. The predicted octanol–water partition coefficient (Wildman–Crippen LogP) is 3.24. The molecule has 4 saturated heterocycles. The average Bonchev–Trinajstić information content (AvgIpc) is 3.28. The molecule has 4 nitrogen and oxygen atoms in total. The summed E-state index contributed by atoms with van der Waals surface area (Å²) in [6, 6.07) is 4.87. The minimum atomic E-state index is -0.472. The second-order valence-electron chi connectivity index (χ2n) is 8.30. The highest BCUT2D eigenvalue weighted by Gasteiger charge is 2.53. The first-order chi connectivity index (χ1) is 13.1. The van der Waals surface area contributed by atoms with Gasteiger partial charge in [-0.3, -0.25) is 14.5 Å². The van der Waals surface area contributed by atoms with E-state index < -0.39 is 11.6 Å². The van der Waals surface area contributed by atoms with E-state index in [9.17, 15) is 8.78 Å². The zero-order valence-electron chi connectivity index (χ0n) is 15.7. The van der Waals surface area contributed by atoms with Gasteiger partial charge in [-0.05, 0) is 56.5 Å². The first kappa shape index (κ1) is 17.3. The molecular weight excluding hydrogens is 346 g/mol. The Balaban J connectivity index is 1.47. The van der Waals surface area contributed by atoms with Gasteiger partial charge in [-0.25, -0.2) is 8.78 Å². The van der Waals surface area contributed by atoms with Crippen molar-refractivity contribution in [3.05, 3.63) is 53.4 Å². The first-order valence-electron chi connectivity index (χ1n) is 10.1. The Labute approximate surface area is 158 Å². The highest BCUT2D eigenvalue weighted by molar-refractivity contribution is 5.28. The van der Waals surface area contributed by atoms with E-state index in [0.29, 0.717) is 18.0 Å². The van der Waals surface area contributed by atoms with Crippen LogP contribution in [0.5, 0.6) is 0 Å². The summed E-state index contributed by atoms with van der Waals surface area (Å²) in [5, 5.41) is 4.41. The number of benzene rings is 1. The minimum Gasteiger partial charge on any atom is -0.298 e. The number of hydrogen-bond acceptors (Lipinski definition) is 3. The summed E-state index contributed by atoms with van der Waals surface area (Å²) in [4.78, 5) is 5.11. The molecule has 0 aliphatic carbocycles. The van der Waals surface area contributed by atoms with Gasteiger partial charge < -0.3 is 0 Å². The summed E-state index contributed by atoms with van der Waals surface area (Å²) in [5.41, 5.74) is 2.03. The van der Waals surface area contributed by atoms with Crippen LogP contribution in [0, 0.1) is 17.6 Å². The second-order valence-corrected chi connectivity index (χ2v) is 8.30. The normalized spacial score (nSPS) is 32.8.